The average molecular weight is 435 g/mol. The molecule has 160 valence electrons. The van der Waals surface area contributed by atoms with Gasteiger partial charge in [0.05, 0.1) is 11.6 Å². The van der Waals surface area contributed by atoms with Crippen molar-refractivity contribution in [3.8, 4) is 11.5 Å². The van der Waals surface area contributed by atoms with Gasteiger partial charge in [-0.2, -0.15) is 0 Å². The van der Waals surface area contributed by atoms with Crippen LogP contribution in [-0.2, 0) is 9.59 Å². The second kappa shape index (κ2) is 7.49. The lowest BCUT2D eigenvalue weighted by atomic mass is 9.94. The van der Waals surface area contributed by atoms with E-state index in [1.54, 1.807) is 12.1 Å². The fourth-order valence-electron chi connectivity index (χ4n) is 3.89. The SMILES string of the molecule is O=C1C(=O)N(c2ccc(F)cc2)C(c2ccccc2F)/C1=C(\O)c1ccc2c(c1)OCO2. The topological polar surface area (TPSA) is 76.1 Å². The van der Waals surface area contributed by atoms with Gasteiger partial charge in [0, 0.05) is 16.8 Å². The lowest BCUT2D eigenvalue weighted by Crippen LogP contribution is -2.29. The van der Waals surface area contributed by atoms with Gasteiger partial charge in [0.2, 0.25) is 6.79 Å². The number of ketones is 1. The monoisotopic (exact) mass is 435 g/mol. The highest BCUT2D eigenvalue weighted by Gasteiger charge is 2.47. The van der Waals surface area contributed by atoms with Crippen LogP contribution in [0.3, 0.4) is 0 Å². The molecule has 2 heterocycles. The largest absolute Gasteiger partial charge is 0.507 e. The molecule has 0 spiro atoms. The molecule has 2 aliphatic heterocycles. The van der Waals surface area contributed by atoms with Gasteiger partial charge in [0.15, 0.2) is 11.5 Å². The van der Waals surface area contributed by atoms with Gasteiger partial charge in [-0.15, -0.1) is 0 Å². The summed E-state index contributed by atoms with van der Waals surface area (Å²) in [6.07, 6.45) is 0. The van der Waals surface area contributed by atoms with E-state index in [9.17, 15) is 23.5 Å². The number of carbonyl (C=O) groups excluding carboxylic acids is 2. The molecule has 2 aliphatic rings. The lowest BCUT2D eigenvalue weighted by Gasteiger charge is -2.25. The summed E-state index contributed by atoms with van der Waals surface area (Å²) in [4.78, 5) is 27.1. The Balaban J connectivity index is 1.72. The van der Waals surface area contributed by atoms with E-state index in [0.29, 0.717) is 11.5 Å². The Bertz CT molecular complexity index is 1290. The van der Waals surface area contributed by atoms with Crippen molar-refractivity contribution in [2.24, 2.45) is 0 Å². The number of hydrogen-bond donors (Lipinski definition) is 1. The first-order valence-electron chi connectivity index (χ1n) is 9.66. The molecule has 0 aromatic heterocycles. The molecule has 6 nitrogen and oxygen atoms in total. The van der Waals surface area contributed by atoms with E-state index in [2.05, 4.69) is 0 Å². The third-order valence-electron chi connectivity index (χ3n) is 5.40. The van der Waals surface area contributed by atoms with Crippen LogP contribution in [0.2, 0.25) is 0 Å². The standard InChI is InChI=1S/C24H15F2NO5/c25-14-6-8-15(9-7-14)27-21(16-3-1-2-4-17(16)26)20(23(29)24(27)30)22(28)13-5-10-18-19(11-13)32-12-31-18/h1-11,21,28H,12H2/b22-20+. The number of aliphatic hydroxyl groups excluding tert-OH is 1. The van der Waals surface area contributed by atoms with Gasteiger partial charge in [0.25, 0.3) is 11.7 Å². The molecule has 1 amide bonds. The van der Waals surface area contributed by atoms with Crippen molar-refractivity contribution in [2.45, 2.75) is 6.04 Å². The fourth-order valence-corrected chi connectivity index (χ4v) is 3.89. The van der Waals surface area contributed by atoms with Gasteiger partial charge in [-0.25, -0.2) is 8.78 Å². The van der Waals surface area contributed by atoms with Crippen molar-refractivity contribution in [1.29, 1.82) is 0 Å². The molecule has 1 unspecified atom stereocenters. The summed E-state index contributed by atoms with van der Waals surface area (Å²) in [5.41, 5.74) is 0.112. The molecule has 32 heavy (non-hydrogen) atoms. The van der Waals surface area contributed by atoms with Gasteiger partial charge in [-0.1, -0.05) is 18.2 Å². The predicted molar refractivity (Wildman–Crippen MR) is 110 cm³/mol. The van der Waals surface area contributed by atoms with Crippen molar-refractivity contribution in [2.75, 3.05) is 11.7 Å². The van der Waals surface area contributed by atoms with Crippen molar-refractivity contribution >= 4 is 23.1 Å². The maximum atomic E-state index is 14.8. The van der Waals surface area contributed by atoms with Crippen LogP contribution < -0.4 is 14.4 Å². The summed E-state index contributed by atoms with van der Waals surface area (Å²) >= 11 is 0. The highest BCUT2D eigenvalue weighted by molar-refractivity contribution is 6.51. The Morgan fingerprint density at radius 2 is 1.66 bits per heavy atom. The number of benzene rings is 3. The van der Waals surface area contributed by atoms with Gasteiger partial charge in [-0.3, -0.25) is 14.5 Å². The quantitative estimate of drug-likeness (QED) is 0.377. The first kappa shape index (κ1) is 19.7. The minimum absolute atomic E-state index is 0.0123. The number of hydrogen-bond acceptors (Lipinski definition) is 5. The molecule has 1 atom stereocenters. The summed E-state index contributed by atoms with van der Waals surface area (Å²) in [5, 5.41) is 11.1. The second-order valence-electron chi connectivity index (χ2n) is 7.24. The van der Waals surface area contributed by atoms with Crippen molar-refractivity contribution in [3.05, 3.63) is 95.1 Å². The average Bonchev–Trinajstić information content (AvgIpc) is 3.36. The number of fused-ring (bicyclic) bond motifs is 1. The summed E-state index contributed by atoms with van der Waals surface area (Å²) in [5.74, 6) is -2.80. The first-order valence-corrected chi connectivity index (χ1v) is 9.66. The van der Waals surface area contributed by atoms with E-state index in [-0.39, 0.29) is 29.2 Å². The Morgan fingerprint density at radius 3 is 2.41 bits per heavy atom. The maximum Gasteiger partial charge on any atom is 0.300 e. The van der Waals surface area contributed by atoms with Gasteiger partial charge >= 0.3 is 0 Å². The third kappa shape index (κ3) is 3.08. The zero-order valence-corrected chi connectivity index (χ0v) is 16.4. The normalized spacial score (nSPS) is 18.9. The zero-order valence-electron chi connectivity index (χ0n) is 16.4. The summed E-state index contributed by atoms with van der Waals surface area (Å²) < 4.78 is 38.9. The molecule has 0 saturated carbocycles. The van der Waals surface area contributed by atoms with Crippen LogP contribution in [0.4, 0.5) is 14.5 Å². The summed E-state index contributed by atoms with van der Waals surface area (Å²) in [7, 11) is 0. The number of halogens is 2. The maximum absolute atomic E-state index is 14.8. The lowest BCUT2D eigenvalue weighted by molar-refractivity contribution is -0.132. The van der Waals surface area contributed by atoms with E-state index in [0.717, 1.165) is 17.0 Å². The molecule has 0 bridgehead atoms. The molecule has 3 aromatic rings. The number of amides is 1. The van der Waals surface area contributed by atoms with Crippen LogP contribution in [-0.4, -0.2) is 23.6 Å². The van der Waals surface area contributed by atoms with Crippen molar-refractivity contribution in [1.82, 2.24) is 0 Å². The number of rotatable bonds is 3. The van der Waals surface area contributed by atoms with Crippen LogP contribution in [0.15, 0.2) is 72.3 Å². The molecule has 1 fully saturated rings. The Hall–Kier alpha value is -4.20. The first-order chi connectivity index (χ1) is 15.5. The third-order valence-corrected chi connectivity index (χ3v) is 5.40. The predicted octanol–water partition coefficient (Wildman–Crippen LogP) is 4.32. The van der Waals surface area contributed by atoms with Gasteiger partial charge < -0.3 is 14.6 Å². The van der Waals surface area contributed by atoms with Crippen LogP contribution in [0, 0.1) is 11.6 Å². The fraction of sp³-hybridized carbons (Fsp3) is 0.0833. The molecule has 1 saturated heterocycles. The van der Waals surface area contributed by atoms with E-state index in [1.807, 2.05) is 0 Å². The molecule has 0 aliphatic carbocycles. The molecule has 5 rings (SSSR count). The number of anilines is 1. The van der Waals surface area contributed by atoms with Crippen LogP contribution in [0.5, 0.6) is 11.5 Å². The van der Waals surface area contributed by atoms with E-state index >= 15 is 0 Å². The minimum atomic E-state index is -1.26. The molecule has 3 aromatic carbocycles. The van der Waals surface area contributed by atoms with Crippen molar-refractivity contribution < 1.29 is 33.0 Å². The summed E-state index contributed by atoms with van der Waals surface area (Å²) in [6, 6.07) is 13.8. The highest BCUT2D eigenvalue weighted by atomic mass is 19.1. The number of carbonyl (C=O) groups is 2. The van der Waals surface area contributed by atoms with E-state index in [4.69, 9.17) is 9.47 Å². The highest BCUT2D eigenvalue weighted by Crippen LogP contribution is 2.44. The van der Waals surface area contributed by atoms with E-state index in [1.165, 1.54) is 42.5 Å². The number of nitrogens with zero attached hydrogens (tertiary/aromatic N) is 1. The Morgan fingerprint density at radius 1 is 0.938 bits per heavy atom. The smallest absolute Gasteiger partial charge is 0.300 e. The Labute approximate surface area is 180 Å². The van der Waals surface area contributed by atoms with Crippen LogP contribution in [0.25, 0.3) is 5.76 Å². The van der Waals surface area contributed by atoms with Crippen LogP contribution >= 0.6 is 0 Å². The zero-order chi connectivity index (χ0) is 22.4. The number of aliphatic hydroxyl groups is 1. The van der Waals surface area contributed by atoms with Gasteiger partial charge in [-0.05, 0) is 48.5 Å². The minimum Gasteiger partial charge on any atom is -0.507 e. The van der Waals surface area contributed by atoms with Crippen LogP contribution in [0.1, 0.15) is 17.2 Å². The number of Topliss-reactive ketones (excluding diaryl/α,β-unsaturated/α-hetero) is 1. The summed E-state index contributed by atoms with van der Waals surface area (Å²) in [6.45, 7) is 0.0176. The van der Waals surface area contributed by atoms with Gasteiger partial charge in [0.1, 0.15) is 17.4 Å². The number of ether oxygens (including phenoxy) is 2. The molecule has 1 N–H and O–H groups in total. The second-order valence-corrected chi connectivity index (χ2v) is 7.24. The van der Waals surface area contributed by atoms with E-state index < -0.39 is 35.1 Å². The molecular formula is C24H15F2NO5. The molecule has 8 heteroatoms. The molecular weight excluding hydrogens is 420 g/mol. The molecule has 0 radical (unpaired) electrons. The Kier molecular flexibility index (Phi) is 4.62. The van der Waals surface area contributed by atoms with Crippen molar-refractivity contribution in [3.63, 3.8) is 0 Å².